The van der Waals surface area contributed by atoms with Crippen LogP contribution in [0.4, 0.5) is 0 Å². The van der Waals surface area contributed by atoms with Gasteiger partial charge in [0.2, 0.25) is 0 Å². The maximum Gasteiger partial charge on any atom is 0.193 e. The van der Waals surface area contributed by atoms with E-state index in [0.29, 0.717) is 0 Å². The van der Waals surface area contributed by atoms with E-state index in [1.54, 1.807) is 0 Å². The van der Waals surface area contributed by atoms with Crippen molar-refractivity contribution in [3.05, 3.63) is 154 Å². The van der Waals surface area contributed by atoms with Crippen molar-refractivity contribution in [2.24, 2.45) is 5.92 Å². The highest BCUT2D eigenvalue weighted by atomic mass is 16.1. The first-order valence-electron chi connectivity index (χ1n) is 13.0. The van der Waals surface area contributed by atoms with Gasteiger partial charge in [-0.2, -0.15) is 0 Å². The number of ketones is 2. The van der Waals surface area contributed by atoms with Crippen LogP contribution in [0.1, 0.15) is 38.3 Å². The molecule has 0 aliphatic heterocycles. The molecule has 0 amide bonds. The van der Waals surface area contributed by atoms with Crippen molar-refractivity contribution in [3.8, 4) is 22.3 Å². The molecule has 0 heterocycles. The molecule has 0 bridgehead atoms. The number of fused-ring (bicyclic) bond motifs is 7. The fraction of sp³-hybridized carbons (Fsp3) is 0.0556. The third-order valence-electron chi connectivity index (χ3n) is 8.35. The molecule has 178 valence electrons. The summed E-state index contributed by atoms with van der Waals surface area (Å²) in [4.78, 5) is 27.1. The van der Waals surface area contributed by atoms with Crippen LogP contribution in [0.2, 0.25) is 0 Å². The fourth-order valence-corrected chi connectivity index (χ4v) is 6.58. The Labute approximate surface area is 221 Å². The molecule has 0 spiro atoms. The zero-order chi connectivity index (χ0) is 25.4. The number of carbonyl (C=O) groups excluding carboxylic acids is 2. The van der Waals surface area contributed by atoms with Crippen LogP contribution in [0.15, 0.2) is 132 Å². The third-order valence-corrected chi connectivity index (χ3v) is 8.35. The normalized spacial score (nSPS) is 18.6. The lowest BCUT2D eigenvalue weighted by Crippen LogP contribution is -2.15. The van der Waals surface area contributed by atoms with Crippen molar-refractivity contribution in [3.63, 3.8) is 0 Å². The van der Waals surface area contributed by atoms with Crippen LogP contribution in [-0.4, -0.2) is 11.6 Å². The quantitative estimate of drug-likeness (QED) is 0.287. The number of allylic oxidation sites excluding steroid dienone is 8. The highest BCUT2D eigenvalue weighted by molar-refractivity contribution is 6.29. The smallest absolute Gasteiger partial charge is 0.193 e. The van der Waals surface area contributed by atoms with Crippen molar-refractivity contribution in [1.29, 1.82) is 0 Å². The Morgan fingerprint density at radius 1 is 0.553 bits per heavy atom. The maximum atomic E-state index is 13.5. The Morgan fingerprint density at radius 3 is 1.82 bits per heavy atom. The van der Waals surface area contributed by atoms with Gasteiger partial charge in [-0.25, -0.2) is 0 Å². The molecule has 2 nitrogen and oxygen atoms in total. The van der Waals surface area contributed by atoms with Crippen LogP contribution in [-0.2, 0) is 0 Å². The predicted molar refractivity (Wildman–Crippen MR) is 152 cm³/mol. The number of rotatable bonds is 2. The molecule has 0 N–H and O–H groups in total. The first-order chi connectivity index (χ1) is 18.7. The van der Waals surface area contributed by atoms with Gasteiger partial charge in [0.15, 0.2) is 11.6 Å². The summed E-state index contributed by atoms with van der Waals surface area (Å²) in [5.74, 6) is 0.259. The Kier molecular flexibility index (Phi) is 4.39. The summed E-state index contributed by atoms with van der Waals surface area (Å²) in [6.07, 6.45) is 6.87. The highest BCUT2D eigenvalue weighted by Gasteiger charge is 2.42. The number of benzene rings is 4. The second kappa shape index (κ2) is 7.84. The van der Waals surface area contributed by atoms with Gasteiger partial charge < -0.3 is 0 Å². The largest absolute Gasteiger partial charge is 0.289 e. The molecular formula is C36H22O2. The molecule has 0 fully saturated rings. The first kappa shape index (κ1) is 21.3. The van der Waals surface area contributed by atoms with E-state index >= 15 is 0 Å². The minimum Gasteiger partial charge on any atom is -0.289 e. The molecule has 0 saturated heterocycles. The molecule has 4 aliphatic rings. The lowest BCUT2D eigenvalue weighted by atomic mass is 9.74. The van der Waals surface area contributed by atoms with Gasteiger partial charge in [-0.05, 0) is 68.7 Å². The Balaban J connectivity index is 1.24. The lowest BCUT2D eigenvalue weighted by Gasteiger charge is -2.29. The molecule has 1 atom stereocenters. The molecule has 0 saturated carbocycles. The van der Waals surface area contributed by atoms with Crippen molar-refractivity contribution < 1.29 is 9.59 Å². The first-order valence-corrected chi connectivity index (χ1v) is 13.0. The van der Waals surface area contributed by atoms with Crippen LogP contribution >= 0.6 is 0 Å². The summed E-state index contributed by atoms with van der Waals surface area (Å²) in [6.45, 7) is 0. The second-order valence-electron chi connectivity index (χ2n) is 10.3. The average molecular weight is 487 g/mol. The molecule has 38 heavy (non-hydrogen) atoms. The number of Topliss-reactive ketones (excluding diaryl/α,β-unsaturated/α-hetero) is 2. The monoisotopic (exact) mass is 486 g/mol. The lowest BCUT2D eigenvalue weighted by molar-refractivity contribution is 0.103. The number of carbonyl (C=O) groups is 2. The predicted octanol–water partition coefficient (Wildman–Crippen LogP) is 8.14. The van der Waals surface area contributed by atoms with Gasteiger partial charge in [-0.1, -0.05) is 103 Å². The van der Waals surface area contributed by atoms with Gasteiger partial charge in [0, 0.05) is 28.2 Å². The van der Waals surface area contributed by atoms with Gasteiger partial charge in [-0.3, -0.25) is 9.59 Å². The van der Waals surface area contributed by atoms with E-state index < -0.39 is 0 Å². The topological polar surface area (TPSA) is 34.1 Å². The minimum atomic E-state index is 0.0640. The second-order valence-corrected chi connectivity index (χ2v) is 10.3. The van der Waals surface area contributed by atoms with Crippen LogP contribution < -0.4 is 0 Å². The minimum absolute atomic E-state index is 0.0640. The highest BCUT2D eigenvalue weighted by Crippen LogP contribution is 2.53. The standard InChI is InChI=1S/C36H22O2/c37-35-29-17-15-26-25(33(29)27-13-11-23(19-31(27)35)21-7-3-1-4-8-21)16-18-30-34(26)28-14-12-24(20-32(28)36(30)38)22-9-5-2-6-10-22/h1-15,17-20,25H,16H2. The summed E-state index contributed by atoms with van der Waals surface area (Å²) < 4.78 is 0. The molecule has 4 aliphatic carbocycles. The summed E-state index contributed by atoms with van der Waals surface area (Å²) >= 11 is 0. The molecule has 4 aromatic rings. The molecule has 1 unspecified atom stereocenters. The van der Waals surface area contributed by atoms with Crippen molar-refractivity contribution in [2.75, 3.05) is 0 Å². The van der Waals surface area contributed by atoms with Gasteiger partial charge in [0.05, 0.1) is 0 Å². The van der Waals surface area contributed by atoms with E-state index in [2.05, 4.69) is 60.7 Å². The summed E-state index contributed by atoms with van der Waals surface area (Å²) in [5, 5.41) is 0. The molecule has 2 heteroatoms. The average Bonchev–Trinajstić information content (AvgIpc) is 3.44. The zero-order valence-corrected chi connectivity index (χ0v) is 20.6. The van der Waals surface area contributed by atoms with E-state index in [1.807, 2.05) is 54.6 Å². The van der Waals surface area contributed by atoms with Crippen LogP contribution in [0.25, 0.3) is 33.4 Å². The number of hydrogen-bond acceptors (Lipinski definition) is 2. The van der Waals surface area contributed by atoms with Gasteiger partial charge in [-0.15, -0.1) is 0 Å². The summed E-state index contributed by atoms with van der Waals surface area (Å²) in [6, 6.07) is 32.9. The molecule has 8 rings (SSSR count). The maximum absolute atomic E-state index is 13.5. The SMILES string of the molecule is O=C1C2=CCC3C(=C2c2ccc(-c4ccccc4)cc21)C=CC1=C3c2ccc(-c3ccccc3)cc2C1=O. The van der Waals surface area contributed by atoms with Gasteiger partial charge in [0.1, 0.15) is 0 Å². The zero-order valence-electron chi connectivity index (χ0n) is 20.6. The van der Waals surface area contributed by atoms with Crippen LogP contribution in [0.3, 0.4) is 0 Å². The third kappa shape index (κ3) is 2.89. The van der Waals surface area contributed by atoms with E-state index in [4.69, 9.17) is 0 Å². The van der Waals surface area contributed by atoms with Crippen molar-refractivity contribution >= 4 is 22.7 Å². The Hall–Kier alpha value is -4.82. The van der Waals surface area contributed by atoms with E-state index in [1.165, 1.54) is 0 Å². The van der Waals surface area contributed by atoms with E-state index in [-0.39, 0.29) is 17.5 Å². The molecule has 0 radical (unpaired) electrons. The summed E-state index contributed by atoms with van der Waals surface area (Å²) in [7, 11) is 0. The number of hydrogen-bond donors (Lipinski definition) is 0. The van der Waals surface area contributed by atoms with Crippen molar-refractivity contribution in [1.82, 2.24) is 0 Å². The van der Waals surface area contributed by atoms with E-state index in [0.717, 1.165) is 78.8 Å². The van der Waals surface area contributed by atoms with Crippen LogP contribution in [0, 0.1) is 5.92 Å². The van der Waals surface area contributed by atoms with Gasteiger partial charge >= 0.3 is 0 Å². The molecule has 0 aromatic heterocycles. The molecular weight excluding hydrogens is 464 g/mol. The Bertz CT molecular complexity index is 1850. The van der Waals surface area contributed by atoms with Crippen molar-refractivity contribution in [2.45, 2.75) is 6.42 Å². The van der Waals surface area contributed by atoms with Crippen LogP contribution in [0.5, 0.6) is 0 Å². The molecule has 4 aromatic carbocycles. The summed E-state index contributed by atoms with van der Waals surface area (Å²) in [5.41, 5.74) is 12.7. The fourth-order valence-electron chi connectivity index (χ4n) is 6.58. The van der Waals surface area contributed by atoms with E-state index in [9.17, 15) is 9.59 Å². The Morgan fingerprint density at radius 2 is 1.16 bits per heavy atom. The van der Waals surface area contributed by atoms with Gasteiger partial charge in [0.25, 0.3) is 0 Å².